The summed E-state index contributed by atoms with van der Waals surface area (Å²) in [4.78, 5) is 9.82. The zero-order valence-corrected chi connectivity index (χ0v) is 23.8. The molecule has 3 heterocycles. The van der Waals surface area contributed by atoms with Crippen LogP contribution < -0.4 is 0 Å². The van der Waals surface area contributed by atoms with Crippen molar-refractivity contribution in [1.82, 2.24) is 14.5 Å². The fourth-order valence-corrected chi connectivity index (χ4v) is 5.07. The number of hydrogen-bond acceptors (Lipinski definition) is 3. The molecule has 0 unspecified atom stereocenters. The molecule has 4 nitrogen and oxygen atoms in total. The predicted molar refractivity (Wildman–Crippen MR) is 150 cm³/mol. The van der Waals surface area contributed by atoms with Crippen molar-refractivity contribution in [1.29, 1.82) is 0 Å². The molecule has 0 saturated carbocycles. The smallest absolute Gasteiger partial charge is 0.139 e. The predicted octanol–water partition coefficient (Wildman–Crippen LogP) is 7.63. The topological polar surface area (TPSA) is 50.9 Å². The van der Waals surface area contributed by atoms with Crippen LogP contribution in [0.4, 0.5) is 0 Å². The van der Waals surface area contributed by atoms with Gasteiger partial charge >= 0.3 is 0 Å². The Morgan fingerprint density at radius 1 is 0.868 bits per heavy atom. The van der Waals surface area contributed by atoms with Crippen molar-refractivity contribution in [2.45, 2.75) is 32.6 Å². The summed E-state index contributed by atoms with van der Waals surface area (Å²) in [5, 5.41) is 12.9. The molecule has 0 fully saturated rings. The van der Waals surface area contributed by atoms with E-state index in [9.17, 15) is 5.11 Å². The third kappa shape index (κ3) is 4.33. The molecule has 1 N–H and O–H groups in total. The number of para-hydroxylation sites is 3. The molecule has 0 aliphatic heterocycles. The van der Waals surface area contributed by atoms with Crippen LogP contribution in [0.5, 0.6) is 5.75 Å². The molecule has 6 rings (SSSR count). The van der Waals surface area contributed by atoms with Gasteiger partial charge in [-0.2, -0.15) is 0 Å². The second-order valence-electron chi connectivity index (χ2n) is 9.92. The summed E-state index contributed by atoms with van der Waals surface area (Å²) in [6.07, 6.45) is 2.75. The van der Waals surface area contributed by atoms with Crippen molar-refractivity contribution in [3.63, 3.8) is 0 Å². The maximum atomic E-state index is 10.7. The minimum absolute atomic E-state index is 0. The van der Waals surface area contributed by atoms with E-state index in [2.05, 4.69) is 74.3 Å². The molecule has 0 spiro atoms. The second-order valence-corrected chi connectivity index (χ2v) is 9.92. The monoisotopic (exact) mass is 677 g/mol. The summed E-state index contributed by atoms with van der Waals surface area (Å²) in [5.74, 6) is 0.219. The maximum absolute atomic E-state index is 10.7. The van der Waals surface area contributed by atoms with Gasteiger partial charge in [-0.15, -0.1) is 34.9 Å². The van der Waals surface area contributed by atoms with E-state index in [0.29, 0.717) is 5.69 Å². The number of pyridine rings is 2. The number of fused-ring (bicyclic) bond motifs is 3. The summed E-state index contributed by atoms with van der Waals surface area (Å²) in [5.41, 5.74) is 7.34. The molecule has 5 heteroatoms. The Bertz CT molecular complexity index is 1760. The van der Waals surface area contributed by atoms with Crippen LogP contribution in [-0.4, -0.2) is 19.6 Å². The molecular weight excluding hydrogens is 649 g/mol. The molecule has 0 amide bonds. The van der Waals surface area contributed by atoms with E-state index >= 15 is 0 Å². The number of nitrogens with zero attached hydrogens (tertiary/aromatic N) is 3. The van der Waals surface area contributed by atoms with Gasteiger partial charge in [0, 0.05) is 49.1 Å². The molecule has 192 valence electrons. The van der Waals surface area contributed by atoms with Crippen LogP contribution in [0.1, 0.15) is 37.6 Å². The number of phenolic OH excluding ortho intramolecular Hbond substituents is 1. The summed E-state index contributed by atoms with van der Waals surface area (Å²) >= 11 is 0. The standard InChI is InChI=1S/C33H28N3O.Pt/c1-4-22-19-23(21-24(20-22)33(2,3)31-15-9-10-18-34-31)27-17-16-26-25-11-5-6-12-28(25)36(32(26)35-27)29-13-7-8-14-30(29)37;/h5-20,37H,4H2,1-3H3;/q-1;. The van der Waals surface area contributed by atoms with Crippen molar-refractivity contribution in [3.8, 4) is 22.7 Å². The molecule has 0 saturated heterocycles. The van der Waals surface area contributed by atoms with Crippen molar-refractivity contribution >= 4 is 21.9 Å². The molecule has 38 heavy (non-hydrogen) atoms. The van der Waals surface area contributed by atoms with Crippen LogP contribution in [0.2, 0.25) is 0 Å². The van der Waals surface area contributed by atoms with Crippen LogP contribution in [0.25, 0.3) is 38.9 Å². The first kappa shape index (κ1) is 25.9. The Balaban J connectivity index is 0.00000294. The van der Waals surface area contributed by atoms with Gasteiger partial charge in [0.05, 0.1) is 11.2 Å². The van der Waals surface area contributed by atoms with Crippen molar-refractivity contribution in [3.05, 3.63) is 120 Å². The summed E-state index contributed by atoms with van der Waals surface area (Å²) < 4.78 is 2.05. The molecule has 0 bridgehead atoms. The summed E-state index contributed by atoms with van der Waals surface area (Å²) in [6, 6.07) is 34.0. The molecule has 6 aromatic rings. The number of hydrogen-bond donors (Lipinski definition) is 1. The van der Waals surface area contributed by atoms with E-state index in [1.54, 1.807) is 6.07 Å². The van der Waals surface area contributed by atoms with Crippen LogP contribution in [0, 0.1) is 6.07 Å². The summed E-state index contributed by atoms with van der Waals surface area (Å²) in [7, 11) is 0. The second kappa shape index (κ2) is 10.2. The number of phenols is 1. The molecule has 3 aromatic carbocycles. The SMILES string of the molecule is CCc1cc(-c2ccc3c4ccccc4n(-c4ccccc4O)c3n2)[c-]c(C(C)(C)c2ccccn2)c1.[Pt]. The van der Waals surface area contributed by atoms with Crippen LogP contribution in [0.15, 0.2) is 97.2 Å². The Hall–Kier alpha value is -3.75. The summed E-state index contributed by atoms with van der Waals surface area (Å²) in [6.45, 7) is 6.55. The van der Waals surface area contributed by atoms with E-state index in [4.69, 9.17) is 4.98 Å². The van der Waals surface area contributed by atoms with Gasteiger partial charge in [0.1, 0.15) is 11.4 Å². The average Bonchev–Trinajstić information content (AvgIpc) is 3.27. The van der Waals surface area contributed by atoms with Gasteiger partial charge < -0.3 is 5.11 Å². The molecule has 0 aliphatic carbocycles. The minimum Gasteiger partial charge on any atom is -0.506 e. The number of aromatic nitrogens is 3. The van der Waals surface area contributed by atoms with Gasteiger partial charge in [0.2, 0.25) is 0 Å². The first-order chi connectivity index (χ1) is 18.0. The third-order valence-electron chi connectivity index (χ3n) is 7.24. The van der Waals surface area contributed by atoms with Gasteiger partial charge in [0.25, 0.3) is 0 Å². The Kier molecular flexibility index (Phi) is 6.94. The van der Waals surface area contributed by atoms with E-state index in [1.807, 2.05) is 53.2 Å². The zero-order valence-electron chi connectivity index (χ0n) is 21.5. The number of aromatic hydroxyl groups is 1. The van der Waals surface area contributed by atoms with E-state index < -0.39 is 0 Å². The van der Waals surface area contributed by atoms with Gasteiger partial charge in [-0.05, 0) is 42.4 Å². The van der Waals surface area contributed by atoms with E-state index in [0.717, 1.165) is 50.9 Å². The maximum Gasteiger partial charge on any atom is 0.139 e. The number of rotatable bonds is 5. The van der Waals surface area contributed by atoms with Crippen molar-refractivity contribution in [2.24, 2.45) is 0 Å². The van der Waals surface area contributed by atoms with Crippen LogP contribution in [-0.2, 0) is 32.9 Å². The van der Waals surface area contributed by atoms with Gasteiger partial charge in [-0.25, -0.2) is 0 Å². The number of benzene rings is 3. The average molecular weight is 678 g/mol. The van der Waals surface area contributed by atoms with Gasteiger partial charge in [-0.1, -0.05) is 69.3 Å². The molecule has 0 atom stereocenters. The molecule has 0 aliphatic rings. The fraction of sp³-hybridized carbons (Fsp3) is 0.152. The van der Waals surface area contributed by atoms with Crippen molar-refractivity contribution in [2.75, 3.05) is 0 Å². The van der Waals surface area contributed by atoms with Crippen LogP contribution >= 0.6 is 0 Å². The third-order valence-corrected chi connectivity index (χ3v) is 7.24. The van der Waals surface area contributed by atoms with Crippen LogP contribution in [0.3, 0.4) is 0 Å². The minimum atomic E-state index is -0.310. The largest absolute Gasteiger partial charge is 0.506 e. The zero-order chi connectivity index (χ0) is 25.6. The fourth-order valence-electron chi connectivity index (χ4n) is 5.07. The first-order valence-corrected chi connectivity index (χ1v) is 12.6. The molecule has 0 radical (unpaired) electrons. The van der Waals surface area contributed by atoms with Crippen molar-refractivity contribution < 1.29 is 26.2 Å². The Labute approximate surface area is 237 Å². The normalized spacial score (nSPS) is 11.6. The quantitative estimate of drug-likeness (QED) is 0.191. The first-order valence-electron chi connectivity index (χ1n) is 12.6. The molecular formula is C33H28N3OPt-. The van der Waals surface area contributed by atoms with Gasteiger partial charge in [0.15, 0.2) is 0 Å². The number of aryl methyl sites for hydroxylation is 1. The van der Waals surface area contributed by atoms with E-state index in [-0.39, 0.29) is 32.2 Å². The van der Waals surface area contributed by atoms with Gasteiger partial charge in [-0.3, -0.25) is 14.5 Å². The molecule has 3 aromatic heterocycles. The van der Waals surface area contributed by atoms with E-state index in [1.165, 1.54) is 5.56 Å². The Morgan fingerprint density at radius 2 is 1.63 bits per heavy atom. The Morgan fingerprint density at radius 3 is 2.39 bits per heavy atom.